The van der Waals surface area contributed by atoms with Gasteiger partial charge >= 0.3 is 0 Å². The lowest BCUT2D eigenvalue weighted by Gasteiger charge is -2.40. The van der Waals surface area contributed by atoms with Gasteiger partial charge in [-0.25, -0.2) is 9.37 Å². The fourth-order valence-electron chi connectivity index (χ4n) is 9.83. The molecule has 5 amide bonds. The molecule has 0 saturated carbocycles. The van der Waals surface area contributed by atoms with Crippen molar-refractivity contribution in [2.24, 2.45) is 11.8 Å². The van der Waals surface area contributed by atoms with Crippen molar-refractivity contribution in [2.75, 3.05) is 90.2 Å². The quantitative estimate of drug-likeness (QED) is 0.176. The summed E-state index contributed by atoms with van der Waals surface area (Å²) in [6.07, 6.45) is 5.81. The van der Waals surface area contributed by atoms with Gasteiger partial charge in [0.05, 0.1) is 35.5 Å². The number of fused-ring (bicyclic) bond motifs is 2. The molecule has 0 aliphatic carbocycles. The van der Waals surface area contributed by atoms with Gasteiger partial charge in [0.1, 0.15) is 28.8 Å². The van der Waals surface area contributed by atoms with E-state index in [1.807, 2.05) is 11.0 Å². The number of piperazine rings is 1. The summed E-state index contributed by atoms with van der Waals surface area (Å²) in [6.45, 7) is 9.40. The average Bonchev–Trinajstić information content (AvgIpc) is 3.56. The van der Waals surface area contributed by atoms with Crippen LogP contribution in [-0.2, 0) is 29.7 Å². The zero-order chi connectivity index (χ0) is 46.3. The first-order valence-corrected chi connectivity index (χ1v) is 24.0. The molecule has 1 atom stereocenters. The molecule has 3 aromatic rings. The van der Waals surface area contributed by atoms with Gasteiger partial charge in [-0.1, -0.05) is 0 Å². The van der Waals surface area contributed by atoms with Crippen molar-refractivity contribution in [2.45, 2.75) is 68.4 Å². The summed E-state index contributed by atoms with van der Waals surface area (Å²) in [5.41, 5.74) is 1.25. The summed E-state index contributed by atoms with van der Waals surface area (Å²) in [4.78, 5) is 102. The molecule has 18 nitrogen and oxygen atoms in total. The van der Waals surface area contributed by atoms with Crippen molar-refractivity contribution in [1.82, 2.24) is 34.9 Å². The van der Waals surface area contributed by atoms with Crippen molar-refractivity contribution < 1.29 is 47.7 Å². The molecule has 6 aliphatic rings. The molecule has 20 heteroatoms. The van der Waals surface area contributed by atoms with Crippen LogP contribution in [-0.4, -0.2) is 167 Å². The maximum absolute atomic E-state index is 15.1. The Labute approximate surface area is 385 Å². The molecule has 0 bridgehead atoms. The van der Waals surface area contributed by atoms with E-state index in [9.17, 15) is 28.8 Å². The van der Waals surface area contributed by atoms with E-state index in [0.29, 0.717) is 52.7 Å². The normalized spacial score (nSPS) is 21.7. The minimum atomic E-state index is -0.984. The lowest BCUT2D eigenvalue weighted by atomic mass is 9.95. The number of carbonyl (C=O) groups is 6. The van der Waals surface area contributed by atoms with Crippen molar-refractivity contribution >= 4 is 64.4 Å². The topological polar surface area (TPSA) is 215 Å². The average molecular weight is 933 g/mol. The summed E-state index contributed by atoms with van der Waals surface area (Å²) in [7, 11) is 0. The van der Waals surface area contributed by atoms with Gasteiger partial charge in [0.15, 0.2) is 0 Å². The van der Waals surface area contributed by atoms with Crippen LogP contribution in [0.25, 0.3) is 10.9 Å². The molecule has 9 rings (SSSR count). The van der Waals surface area contributed by atoms with Gasteiger partial charge in [-0.2, -0.15) is 11.8 Å². The van der Waals surface area contributed by atoms with Crippen LogP contribution < -0.4 is 20.5 Å². The Morgan fingerprint density at radius 1 is 0.864 bits per heavy atom. The van der Waals surface area contributed by atoms with Crippen molar-refractivity contribution in [3.63, 3.8) is 0 Å². The molecule has 66 heavy (non-hydrogen) atoms. The molecule has 5 saturated heterocycles. The number of aromatic amines is 1. The summed E-state index contributed by atoms with van der Waals surface area (Å²) in [5.74, 6) is -0.280. The second-order valence-electron chi connectivity index (χ2n) is 17.9. The number of nitrogens with one attached hydrogen (secondary N) is 2. The number of amides is 5. The van der Waals surface area contributed by atoms with Gasteiger partial charge in [0.25, 0.3) is 23.8 Å². The number of H-pyrrole nitrogens is 1. The number of imide groups is 2. The number of hydrogen-bond acceptors (Lipinski definition) is 14. The number of rotatable bonds is 12. The van der Waals surface area contributed by atoms with E-state index in [1.54, 1.807) is 30.0 Å². The monoisotopic (exact) mass is 932 g/mol. The van der Waals surface area contributed by atoms with Crippen LogP contribution in [0.3, 0.4) is 0 Å². The van der Waals surface area contributed by atoms with E-state index in [0.717, 1.165) is 121 Å². The summed E-state index contributed by atoms with van der Waals surface area (Å²) in [6, 6.07) is 7.22. The van der Waals surface area contributed by atoms with Gasteiger partial charge in [-0.15, -0.1) is 0 Å². The van der Waals surface area contributed by atoms with E-state index in [1.165, 1.54) is 6.07 Å². The largest absolute Gasteiger partial charge is 0.493 e. The summed E-state index contributed by atoms with van der Waals surface area (Å²) >= 11 is 1.73. The number of hydrogen-bond donors (Lipinski definition) is 3. The zero-order valence-electron chi connectivity index (χ0n) is 36.9. The van der Waals surface area contributed by atoms with E-state index >= 15 is 4.39 Å². The number of carbonyl (C=O) groups excluding carboxylic acids is 5. The first-order chi connectivity index (χ1) is 32.0. The summed E-state index contributed by atoms with van der Waals surface area (Å²) < 4.78 is 26.6. The van der Waals surface area contributed by atoms with Crippen LogP contribution in [0.5, 0.6) is 5.75 Å². The molecule has 6 aliphatic heterocycles. The Kier molecular flexibility index (Phi) is 15.3. The van der Waals surface area contributed by atoms with Crippen molar-refractivity contribution in [3.05, 3.63) is 63.5 Å². The predicted molar refractivity (Wildman–Crippen MR) is 242 cm³/mol. The van der Waals surface area contributed by atoms with Gasteiger partial charge in [-0.3, -0.25) is 53.6 Å². The van der Waals surface area contributed by atoms with Gasteiger partial charge in [-0.05, 0) is 88.1 Å². The van der Waals surface area contributed by atoms with Gasteiger partial charge < -0.3 is 29.4 Å². The van der Waals surface area contributed by atoms with Crippen LogP contribution >= 0.6 is 11.8 Å². The number of thioether (sulfide) groups is 1. The molecular formula is C46H57FN8O10S. The Hall–Kier alpha value is -5.44. The predicted octanol–water partition coefficient (Wildman–Crippen LogP) is 2.73. The van der Waals surface area contributed by atoms with Gasteiger partial charge in [0, 0.05) is 88.5 Å². The fraction of sp³-hybridized carbons (Fsp3) is 0.565. The number of halogens is 1. The SMILES string of the molecule is O=C1CCC(N2C(=O)c3ccc(N4CCN(CC5CCN(C(=O)CN6CCC(COc7cc(F)c8c(=O)[nH]c(CSC9CCOCC9)nc8c7)CC6)CC5)CC4)cc3C2=O)C(=O)N1.O=CO. The lowest BCUT2D eigenvalue weighted by molar-refractivity contribution is -0.136. The van der Waals surface area contributed by atoms with Crippen LogP contribution in [0.15, 0.2) is 35.1 Å². The number of nitrogens with zero attached hydrogens (tertiary/aromatic N) is 6. The molecule has 354 valence electrons. The summed E-state index contributed by atoms with van der Waals surface area (Å²) in [5, 5.41) is 9.52. The molecule has 5 fully saturated rings. The number of carboxylic acid groups (broad SMARTS) is 1. The minimum Gasteiger partial charge on any atom is -0.493 e. The second-order valence-corrected chi connectivity index (χ2v) is 19.1. The molecule has 2 aromatic carbocycles. The number of anilines is 1. The smallest absolute Gasteiger partial charge is 0.290 e. The molecular weight excluding hydrogens is 876 g/mol. The Balaban J connectivity index is 0.00000192. The first-order valence-electron chi connectivity index (χ1n) is 22.9. The van der Waals surface area contributed by atoms with Crippen LogP contribution in [0.2, 0.25) is 0 Å². The Morgan fingerprint density at radius 3 is 2.27 bits per heavy atom. The highest BCUT2D eigenvalue weighted by molar-refractivity contribution is 7.99. The highest BCUT2D eigenvalue weighted by Gasteiger charge is 2.45. The number of likely N-dealkylation sites (tertiary alicyclic amines) is 2. The highest BCUT2D eigenvalue weighted by atomic mass is 32.2. The van der Waals surface area contributed by atoms with Crippen molar-refractivity contribution in [1.29, 1.82) is 0 Å². The second kappa shape index (κ2) is 21.5. The lowest BCUT2D eigenvalue weighted by Crippen LogP contribution is -2.54. The number of ether oxygens (including phenoxy) is 2. The van der Waals surface area contributed by atoms with E-state index < -0.39 is 41.0 Å². The highest BCUT2D eigenvalue weighted by Crippen LogP contribution is 2.32. The zero-order valence-corrected chi connectivity index (χ0v) is 37.7. The molecule has 1 unspecified atom stereocenters. The van der Waals surface area contributed by atoms with Crippen LogP contribution in [0.1, 0.15) is 77.9 Å². The van der Waals surface area contributed by atoms with E-state index in [2.05, 4.69) is 30.0 Å². The molecule has 7 heterocycles. The number of piperidine rings is 3. The van der Waals surface area contributed by atoms with Crippen molar-refractivity contribution in [3.8, 4) is 5.75 Å². The Bertz CT molecular complexity index is 2360. The van der Waals surface area contributed by atoms with Crippen LogP contribution in [0, 0.1) is 17.7 Å². The maximum atomic E-state index is 15.1. The maximum Gasteiger partial charge on any atom is 0.290 e. The first kappa shape index (κ1) is 47.1. The molecule has 0 spiro atoms. The molecule has 1 aromatic heterocycles. The van der Waals surface area contributed by atoms with E-state index in [4.69, 9.17) is 19.4 Å². The van der Waals surface area contributed by atoms with Crippen LogP contribution in [0.4, 0.5) is 10.1 Å². The fourth-order valence-corrected chi connectivity index (χ4v) is 10.9. The molecule has 3 N–H and O–H groups in total. The van der Waals surface area contributed by atoms with E-state index in [-0.39, 0.29) is 42.1 Å². The third-order valence-electron chi connectivity index (χ3n) is 13.6. The van der Waals surface area contributed by atoms with Gasteiger partial charge in [0.2, 0.25) is 17.7 Å². The third kappa shape index (κ3) is 11.0. The molecule has 0 radical (unpaired) electrons. The third-order valence-corrected chi connectivity index (χ3v) is 15.0. The Morgan fingerprint density at radius 2 is 1.56 bits per heavy atom. The standard InChI is InChI=1S/C45H55FN8O8S.CH2O2/c46-35-22-31(23-36-41(35)43(58)48-38(47-36)27-63-32-9-19-61-20-10-32)62-26-29-5-11-50(12-6-29)25-40(56)53-13-7-28(8-14-53)24-51-15-17-52(18-16-51)30-1-2-33-34(21-30)45(60)54(44(33)59)37-3-4-39(55)49-42(37)57;2-1-3/h1-2,21-23,28-29,32,37H,3-20,24-27H2,(H,47,48,58)(H,49,55,57);1H,(H,2,3). The number of aromatic nitrogens is 2. The number of benzene rings is 2. The minimum absolute atomic E-state index is 0.0572.